The molecule has 0 saturated carbocycles. The fraction of sp³-hybridized carbons (Fsp3) is 0.719. The highest BCUT2D eigenvalue weighted by molar-refractivity contribution is 5.69. The summed E-state index contributed by atoms with van der Waals surface area (Å²) >= 11 is 0. The molecule has 2 saturated heterocycles. The van der Waals surface area contributed by atoms with E-state index in [-0.39, 0.29) is 6.42 Å². The number of rotatable bonds is 19. The molecule has 0 radical (unpaired) electrons. The Morgan fingerprint density at radius 1 is 0.659 bits per heavy atom. The summed E-state index contributed by atoms with van der Waals surface area (Å²) in [5, 5.41) is 70.4. The zero-order chi connectivity index (χ0) is 32.3. The van der Waals surface area contributed by atoms with Crippen molar-refractivity contribution in [2.75, 3.05) is 13.2 Å². The number of hydrogen-bond donors (Lipinski definition) is 7. The molecule has 7 N–H and O–H groups in total. The lowest BCUT2D eigenvalue weighted by Crippen LogP contribution is -2.65. The average molecular weight is 629 g/mol. The van der Waals surface area contributed by atoms with Gasteiger partial charge in [-0.2, -0.15) is 0 Å². The van der Waals surface area contributed by atoms with Gasteiger partial charge in [0.2, 0.25) is 0 Å². The van der Waals surface area contributed by atoms with Crippen LogP contribution in [0.2, 0.25) is 0 Å². The number of allylic oxidation sites excluding steroid dienone is 8. The fourth-order valence-electron chi connectivity index (χ4n) is 4.82. The Morgan fingerprint density at radius 3 is 1.80 bits per heavy atom. The van der Waals surface area contributed by atoms with Crippen molar-refractivity contribution in [3.8, 4) is 0 Å². The van der Waals surface area contributed by atoms with Crippen LogP contribution in [0.4, 0.5) is 0 Å². The number of aliphatic hydroxyl groups excluding tert-OH is 7. The number of carbonyl (C=O) groups is 1. The molecule has 0 aliphatic carbocycles. The van der Waals surface area contributed by atoms with E-state index in [1.165, 1.54) is 19.3 Å². The van der Waals surface area contributed by atoms with Gasteiger partial charge in [0, 0.05) is 6.42 Å². The molecule has 252 valence electrons. The molecule has 12 heteroatoms. The van der Waals surface area contributed by atoms with Crippen molar-refractivity contribution >= 4 is 5.97 Å². The number of unbranched alkanes of at least 4 members (excludes halogenated alkanes) is 4. The minimum absolute atomic E-state index is 0.00955. The van der Waals surface area contributed by atoms with Gasteiger partial charge in [0.25, 0.3) is 0 Å². The fourth-order valence-corrected chi connectivity index (χ4v) is 4.82. The Kier molecular flexibility index (Phi) is 18.9. The Hall–Kier alpha value is -1.97. The van der Waals surface area contributed by atoms with E-state index in [1.807, 2.05) is 12.2 Å². The standard InChI is InChI=1S/C32H52O12/c1-2-3-4-5-6-7-8-9-10-11-12-13-14-15-16-17-18-19-24(35)43-30-28(39)29(23(21-34)41-31(30)40)44-32-27(38)26(37)25(36)22(20-33)42-32/h6-7,9-10,12-13,15-16,22-23,25-34,36-40H,2-5,8,11,14,17-21H2,1H3/b7-6-,10-9-,13-12-,16-15-/t22-,23-,25+,26+,27-,28+,29-,30-,31?,32+/m1/s1. The maximum atomic E-state index is 12.4. The second kappa shape index (κ2) is 21.7. The van der Waals surface area contributed by atoms with Gasteiger partial charge in [-0.3, -0.25) is 4.79 Å². The van der Waals surface area contributed by atoms with Crippen molar-refractivity contribution in [1.82, 2.24) is 0 Å². The lowest BCUT2D eigenvalue weighted by atomic mass is 9.97. The molecule has 2 heterocycles. The van der Waals surface area contributed by atoms with Crippen LogP contribution in [-0.2, 0) is 23.7 Å². The minimum atomic E-state index is -1.77. The third-order valence-electron chi connectivity index (χ3n) is 7.43. The first-order valence-corrected chi connectivity index (χ1v) is 15.6. The Bertz CT molecular complexity index is 904. The first kappa shape index (κ1) is 38.2. The van der Waals surface area contributed by atoms with E-state index in [0.717, 1.165) is 25.7 Å². The van der Waals surface area contributed by atoms with Crippen LogP contribution in [-0.4, -0.2) is 116 Å². The van der Waals surface area contributed by atoms with Crippen molar-refractivity contribution < 1.29 is 59.5 Å². The highest BCUT2D eigenvalue weighted by Gasteiger charge is 2.51. The molecule has 0 bridgehead atoms. The van der Waals surface area contributed by atoms with E-state index in [2.05, 4.69) is 43.4 Å². The van der Waals surface area contributed by atoms with Crippen LogP contribution in [0.25, 0.3) is 0 Å². The minimum Gasteiger partial charge on any atom is -0.454 e. The SMILES string of the molecule is CCCCC/C=C\C/C=C\C/C=C\C/C=C\CCCC(=O)O[C@H]1C(O)O[C@H](CO)[C@@H](O[C@@H]2O[C@H](CO)[C@H](O)[C@H](O)[C@H]2O)[C@@H]1O. The van der Waals surface area contributed by atoms with Gasteiger partial charge in [-0.15, -0.1) is 0 Å². The second-order valence-electron chi connectivity index (χ2n) is 11.0. The first-order chi connectivity index (χ1) is 21.2. The lowest BCUT2D eigenvalue weighted by Gasteiger charge is -2.45. The molecule has 1 unspecified atom stereocenters. The highest BCUT2D eigenvalue weighted by atomic mass is 16.7. The summed E-state index contributed by atoms with van der Waals surface area (Å²) in [6.07, 6.45) is 9.64. The predicted octanol–water partition coefficient (Wildman–Crippen LogP) is 1.30. The predicted molar refractivity (Wildman–Crippen MR) is 161 cm³/mol. The zero-order valence-electron chi connectivity index (χ0n) is 25.5. The third-order valence-corrected chi connectivity index (χ3v) is 7.43. The molecule has 2 aliphatic heterocycles. The molecule has 12 nitrogen and oxygen atoms in total. The van der Waals surface area contributed by atoms with Gasteiger partial charge in [-0.1, -0.05) is 68.4 Å². The molecular weight excluding hydrogens is 576 g/mol. The number of carbonyl (C=O) groups excluding carboxylic acids is 1. The van der Waals surface area contributed by atoms with Gasteiger partial charge < -0.3 is 54.7 Å². The van der Waals surface area contributed by atoms with Gasteiger partial charge in [-0.25, -0.2) is 0 Å². The average Bonchev–Trinajstić information content (AvgIpc) is 3.01. The summed E-state index contributed by atoms with van der Waals surface area (Å²) in [5.41, 5.74) is 0. The summed E-state index contributed by atoms with van der Waals surface area (Å²) in [4.78, 5) is 12.4. The van der Waals surface area contributed by atoms with Crippen LogP contribution in [0, 0.1) is 0 Å². The van der Waals surface area contributed by atoms with E-state index < -0.39 is 80.6 Å². The maximum absolute atomic E-state index is 12.4. The molecule has 2 rings (SSSR count). The van der Waals surface area contributed by atoms with E-state index in [4.69, 9.17) is 18.9 Å². The van der Waals surface area contributed by atoms with E-state index in [0.29, 0.717) is 12.8 Å². The van der Waals surface area contributed by atoms with Crippen molar-refractivity contribution in [1.29, 1.82) is 0 Å². The monoisotopic (exact) mass is 628 g/mol. The van der Waals surface area contributed by atoms with Gasteiger partial charge >= 0.3 is 5.97 Å². The summed E-state index contributed by atoms with van der Waals surface area (Å²) in [5.74, 6) is -0.693. The number of ether oxygens (including phenoxy) is 4. The maximum Gasteiger partial charge on any atom is 0.306 e. The first-order valence-electron chi connectivity index (χ1n) is 15.6. The van der Waals surface area contributed by atoms with Crippen LogP contribution in [0.1, 0.15) is 71.1 Å². The van der Waals surface area contributed by atoms with Crippen LogP contribution in [0.3, 0.4) is 0 Å². The molecule has 2 fully saturated rings. The van der Waals surface area contributed by atoms with Crippen molar-refractivity contribution in [2.24, 2.45) is 0 Å². The van der Waals surface area contributed by atoms with Crippen molar-refractivity contribution in [3.05, 3.63) is 48.6 Å². The number of esters is 1. The van der Waals surface area contributed by atoms with Gasteiger partial charge in [-0.05, 0) is 44.9 Å². The van der Waals surface area contributed by atoms with Crippen LogP contribution in [0.5, 0.6) is 0 Å². The van der Waals surface area contributed by atoms with Crippen molar-refractivity contribution in [2.45, 2.75) is 133 Å². The van der Waals surface area contributed by atoms with Gasteiger partial charge in [0.1, 0.15) is 42.7 Å². The van der Waals surface area contributed by atoms with Gasteiger partial charge in [0.15, 0.2) is 18.7 Å². The Balaban J connectivity index is 1.72. The second-order valence-corrected chi connectivity index (χ2v) is 11.0. The van der Waals surface area contributed by atoms with Crippen LogP contribution in [0.15, 0.2) is 48.6 Å². The molecule has 0 aromatic heterocycles. The molecule has 2 aliphatic rings. The van der Waals surface area contributed by atoms with Crippen LogP contribution >= 0.6 is 0 Å². The number of aliphatic hydroxyl groups is 7. The summed E-state index contributed by atoms with van der Waals surface area (Å²) in [6.45, 7) is 0.791. The summed E-state index contributed by atoms with van der Waals surface area (Å²) in [7, 11) is 0. The normalized spacial score (nSPS) is 33.3. The molecule has 44 heavy (non-hydrogen) atoms. The van der Waals surface area contributed by atoms with Gasteiger partial charge in [0.05, 0.1) is 13.2 Å². The Labute approximate surface area is 259 Å². The molecule has 10 atom stereocenters. The van der Waals surface area contributed by atoms with E-state index in [9.17, 15) is 40.5 Å². The quantitative estimate of drug-likeness (QED) is 0.0616. The van der Waals surface area contributed by atoms with Crippen LogP contribution < -0.4 is 0 Å². The molecule has 0 amide bonds. The molecule has 0 aromatic rings. The Morgan fingerprint density at radius 2 is 1.23 bits per heavy atom. The van der Waals surface area contributed by atoms with E-state index >= 15 is 0 Å². The summed E-state index contributed by atoms with van der Waals surface area (Å²) in [6, 6.07) is 0. The molecule has 0 spiro atoms. The topological polar surface area (TPSA) is 196 Å². The molecular formula is C32H52O12. The lowest BCUT2D eigenvalue weighted by molar-refractivity contribution is -0.355. The molecule has 0 aromatic carbocycles. The largest absolute Gasteiger partial charge is 0.454 e. The third kappa shape index (κ3) is 12.8. The smallest absolute Gasteiger partial charge is 0.306 e. The van der Waals surface area contributed by atoms with Crippen molar-refractivity contribution in [3.63, 3.8) is 0 Å². The zero-order valence-corrected chi connectivity index (χ0v) is 25.5. The summed E-state index contributed by atoms with van der Waals surface area (Å²) < 4.78 is 21.4. The highest BCUT2D eigenvalue weighted by Crippen LogP contribution is 2.30. The number of hydrogen-bond acceptors (Lipinski definition) is 12. The van der Waals surface area contributed by atoms with E-state index in [1.54, 1.807) is 0 Å².